The third kappa shape index (κ3) is 1.78. The number of aromatic nitrogens is 3. The summed E-state index contributed by atoms with van der Waals surface area (Å²) in [5.41, 5.74) is 7.55. The highest BCUT2D eigenvalue weighted by atomic mass is 16.4. The number of rotatable bonds is 2. The summed E-state index contributed by atoms with van der Waals surface area (Å²) >= 11 is 0. The van der Waals surface area contributed by atoms with Crippen molar-refractivity contribution < 1.29 is 4.42 Å². The Morgan fingerprint density at radius 1 is 1.53 bits per heavy atom. The van der Waals surface area contributed by atoms with E-state index in [-0.39, 0.29) is 6.04 Å². The van der Waals surface area contributed by atoms with E-state index in [1.165, 1.54) is 0 Å². The van der Waals surface area contributed by atoms with Crippen molar-refractivity contribution in [2.24, 2.45) is 12.8 Å². The van der Waals surface area contributed by atoms with Crippen LogP contribution in [0.4, 0.5) is 0 Å². The highest BCUT2D eigenvalue weighted by molar-refractivity contribution is 5.58. The molecule has 2 N–H and O–H groups in total. The van der Waals surface area contributed by atoms with Crippen LogP contribution in [-0.2, 0) is 7.05 Å². The fraction of sp³-hybridized carbons (Fsp3) is 0.400. The SMILES string of the molecule is Cc1nn(C)cc1-c1cnc(C(C)N)o1. The van der Waals surface area contributed by atoms with E-state index in [2.05, 4.69) is 10.1 Å². The average molecular weight is 206 g/mol. The molecular weight excluding hydrogens is 192 g/mol. The van der Waals surface area contributed by atoms with Crippen molar-refractivity contribution in [2.75, 3.05) is 0 Å². The van der Waals surface area contributed by atoms with E-state index in [1.807, 2.05) is 27.1 Å². The molecule has 1 atom stereocenters. The summed E-state index contributed by atoms with van der Waals surface area (Å²) in [6.07, 6.45) is 3.59. The molecule has 5 heteroatoms. The van der Waals surface area contributed by atoms with Crippen LogP contribution < -0.4 is 5.73 Å². The first kappa shape index (κ1) is 9.92. The minimum atomic E-state index is -0.185. The van der Waals surface area contributed by atoms with Crippen LogP contribution in [0.2, 0.25) is 0 Å². The molecule has 0 aliphatic heterocycles. The largest absolute Gasteiger partial charge is 0.439 e. The molecule has 15 heavy (non-hydrogen) atoms. The van der Waals surface area contributed by atoms with Gasteiger partial charge in [0.2, 0.25) is 5.89 Å². The average Bonchev–Trinajstić information content (AvgIpc) is 2.71. The van der Waals surface area contributed by atoms with Crippen molar-refractivity contribution >= 4 is 0 Å². The molecule has 0 amide bonds. The van der Waals surface area contributed by atoms with Crippen LogP contribution in [0.25, 0.3) is 11.3 Å². The summed E-state index contributed by atoms with van der Waals surface area (Å²) in [4.78, 5) is 4.11. The highest BCUT2D eigenvalue weighted by Crippen LogP contribution is 2.24. The van der Waals surface area contributed by atoms with Crippen molar-refractivity contribution in [3.05, 3.63) is 24.0 Å². The standard InChI is InChI=1S/C10H14N4O/c1-6(11)10-12-4-9(15-10)8-5-14(3)13-7(8)2/h4-6H,11H2,1-3H3. The lowest BCUT2D eigenvalue weighted by molar-refractivity contribution is 0.473. The van der Waals surface area contributed by atoms with E-state index in [0.29, 0.717) is 11.7 Å². The first-order chi connectivity index (χ1) is 7.08. The van der Waals surface area contributed by atoms with Gasteiger partial charge in [-0.2, -0.15) is 5.10 Å². The van der Waals surface area contributed by atoms with E-state index in [4.69, 9.17) is 10.2 Å². The lowest BCUT2D eigenvalue weighted by atomic mass is 10.2. The molecule has 1 unspecified atom stereocenters. The number of hydrogen-bond donors (Lipinski definition) is 1. The monoisotopic (exact) mass is 206 g/mol. The molecule has 2 rings (SSSR count). The Hall–Kier alpha value is -1.62. The van der Waals surface area contributed by atoms with Crippen LogP contribution in [0.1, 0.15) is 24.6 Å². The van der Waals surface area contributed by atoms with Gasteiger partial charge in [-0.1, -0.05) is 0 Å². The second-order valence-corrected chi connectivity index (χ2v) is 3.65. The molecule has 0 saturated carbocycles. The predicted octanol–water partition coefficient (Wildman–Crippen LogP) is 1.40. The summed E-state index contributed by atoms with van der Waals surface area (Å²) in [6.45, 7) is 3.77. The zero-order valence-electron chi connectivity index (χ0n) is 9.06. The fourth-order valence-corrected chi connectivity index (χ4v) is 1.46. The summed E-state index contributed by atoms with van der Waals surface area (Å²) in [7, 11) is 1.87. The molecule has 2 aromatic rings. The lowest BCUT2D eigenvalue weighted by Gasteiger charge is -1.96. The molecular formula is C10H14N4O. The van der Waals surface area contributed by atoms with Gasteiger partial charge >= 0.3 is 0 Å². The van der Waals surface area contributed by atoms with Gasteiger partial charge in [0.15, 0.2) is 5.76 Å². The summed E-state index contributed by atoms with van der Waals surface area (Å²) in [5, 5.41) is 4.24. The van der Waals surface area contributed by atoms with E-state index in [9.17, 15) is 0 Å². The van der Waals surface area contributed by atoms with Gasteiger partial charge in [-0.15, -0.1) is 0 Å². The fourth-order valence-electron chi connectivity index (χ4n) is 1.46. The maximum Gasteiger partial charge on any atom is 0.211 e. The van der Waals surface area contributed by atoms with Crippen molar-refractivity contribution in [1.29, 1.82) is 0 Å². The minimum Gasteiger partial charge on any atom is -0.439 e. The highest BCUT2D eigenvalue weighted by Gasteiger charge is 2.13. The Bertz CT molecular complexity index is 469. The maximum atomic E-state index is 5.67. The number of nitrogens with zero attached hydrogens (tertiary/aromatic N) is 3. The first-order valence-electron chi connectivity index (χ1n) is 4.80. The normalized spacial score (nSPS) is 13.1. The van der Waals surface area contributed by atoms with Crippen LogP contribution in [-0.4, -0.2) is 14.8 Å². The summed E-state index contributed by atoms with van der Waals surface area (Å²) in [5.74, 6) is 1.26. The third-order valence-corrected chi connectivity index (χ3v) is 2.19. The Kier molecular flexibility index (Phi) is 2.32. The van der Waals surface area contributed by atoms with Gasteiger partial charge < -0.3 is 10.2 Å². The Morgan fingerprint density at radius 3 is 2.73 bits per heavy atom. The number of oxazole rings is 1. The molecule has 0 fully saturated rings. The van der Waals surface area contributed by atoms with Gasteiger partial charge in [0.1, 0.15) is 0 Å². The van der Waals surface area contributed by atoms with Crippen LogP contribution in [0.3, 0.4) is 0 Å². The third-order valence-electron chi connectivity index (χ3n) is 2.19. The molecule has 2 heterocycles. The van der Waals surface area contributed by atoms with Crippen LogP contribution in [0.15, 0.2) is 16.8 Å². The number of nitrogens with two attached hydrogens (primary N) is 1. The van der Waals surface area contributed by atoms with Crippen LogP contribution in [0.5, 0.6) is 0 Å². The van der Waals surface area contributed by atoms with Gasteiger partial charge in [-0.3, -0.25) is 4.68 Å². The molecule has 80 valence electrons. The quantitative estimate of drug-likeness (QED) is 0.806. The minimum absolute atomic E-state index is 0.185. The van der Waals surface area contributed by atoms with E-state index in [0.717, 1.165) is 11.3 Å². The smallest absolute Gasteiger partial charge is 0.211 e. The maximum absolute atomic E-state index is 5.67. The van der Waals surface area contributed by atoms with E-state index in [1.54, 1.807) is 10.9 Å². The molecule has 0 aliphatic carbocycles. The topological polar surface area (TPSA) is 69.9 Å². The molecule has 0 spiro atoms. The second-order valence-electron chi connectivity index (χ2n) is 3.65. The Balaban J connectivity index is 2.41. The van der Waals surface area contributed by atoms with E-state index < -0.39 is 0 Å². The van der Waals surface area contributed by atoms with E-state index >= 15 is 0 Å². The van der Waals surface area contributed by atoms with Gasteiger partial charge in [-0.25, -0.2) is 4.98 Å². The van der Waals surface area contributed by atoms with Crippen LogP contribution in [0, 0.1) is 6.92 Å². The van der Waals surface area contributed by atoms with Gasteiger partial charge in [0.25, 0.3) is 0 Å². The van der Waals surface area contributed by atoms with Gasteiger partial charge in [0, 0.05) is 13.2 Å². The second kappa shape index (κ2) is 3.51. The lowest BCUT2D eigenvalue weighted by Crippen LogP contribution is -2.04. The van der Waals surface area contributed by atoms with Gasteiger partial charge in [-0.05, 0) is 13.8 Å². The van der Waals surface area contributed by atoms with Crippen molar-refractivity contribution in [2.45, 2.75) is 19.9 Å². The molecule has 2 aromatic heterocycles. The zero-order valence-corrected chi connectivity index (χ0v) is 9.06. The van der Waals surface area contributed by atoms with Crippen molar-refractivity contribution in [3.8, 4) is 11.3 Å². The van der Waals surface area contributed by atoms with Gasteiger partial charge in [0.05, 0.1) is 23.5 Å². The van der Waals surface area contributed by atoms with Crippen molar-refractivity contribution in [3.63, 3.8) is 0 Å². The molecule has 0 bridgehead atoms. The number of hydrogen-bond acceptors (Lipinski definition) is 4. The summed E-state index contributed by atoms with van der Waals surface area (Å²) < 4.78 is 7.28. The summed E-state index contributed by atoms with van der Waals surface area (Å²) in [6, 6.07) is -0.185. The Labute approximate surface area is 87.9 Å². The van der Waals surface area contributed by atoms with Crippen molar-refractivity contribution in [1.82, 2.24) is 14.8 Å². The first-order valence-corrected chi connectivity index (χ1v) is 4.80. The zero-order chi connectivity index (χ0) is 11.0. The molecule has 0 radical (unpaired) electrons. The predicted molar refractivity (Wildman–Crippen MR) is 56.0 cm³/mol. The molecule has 5 nitrogen and oxygen atoms in total. The van der Waals surface area contributed by atoms with Crippen LogP contribution >= 0.6 is 0 Å². The molecule has 0 aliphatic rings. The molecule has 0 aromatic carbocycles. The number of aryl methyl sites for hydroxylation is 2. The molecule has 0 saturated heterocycles. The Morgan fingerprint density at radius 2 is 2.27 bits per heavy atom.